The summed E-state index contributed by atoms with van der Waals surface area (Å²) in [5, 5.41) is 12.7. The maximum absolute atomic E-state index is 9.42. The minimum atomic E-state index is 0.201. The van der Waals surface area contributed by atoms with Gasteiger partial charge >= 0.3 is 0 Å². The third-order valence-corrected chi connectivity index (χ3v) is 2.32. The van der Waals surface area contributed by atoms with Gasteiger partial charge in [-0.1, -0.05) is 18.2 Å². The van der Waals surface area contributed by atoms with Crippen LogP contribution in [0.25, 0.3) is 0 Å². The lowest BCUT2D eigenvalue weighted by Crippen LogP contribution is -1.97. The molecule has 2 aromatic carbocycles. The SMILES string of the molecule is CCOc1cc(O)ccc1Nc1ccccc1. The molecule has 0 bridgehead atoms. The van der Waals surface area contributed by atoms with Gasteiger partial charge in [-0.3, -0.25) is 0 Å². The van der Waals surface area contributed by atoms with Crippen molar-refractivity contribution < 1.29 is 9.84 Å². The van der Waals surface area contributed by atoms with Crippen molar-refractivity contribution in [1.82, 2.24) is 0 Å². The highest BCUT2D eigenvalue weighted by Gasteiger charge is 2.04. The quantitative estimate of drug-likeness (QED) is 0.788. The van der Waals surface area contributed by atoms with Crippen LogP contribution in [0.3, 0.4) is 0 Å². The van der Waals surface area contributed by atoms with Gasteiger partial charge in [0.2, 0.25) is 0 Å². The molecule has 0 unspecified atom stereocenters. The van der Waals surface area contributed by atoms with E-state index in [1.165, 1.54) is 0 Å². The van der Waals surface area contributed by atoms with Gasteiger partial charge in [-0.05, 0) is 31.2 Å². The van der Waals surface area contributed by atoms with E-state index >= 15 is 0 Å². The van der Waals surface area contributed by atoms with E-state index in [-0.39, 0.29) is 5.75 Å². The molecule has 0 spiro atoms. The summed E-state index contributed by atoms with van der Waals surface area (Å²) >= 11 is 0. The number of para-hydroxylation sites is 1. The van der Waals surface area contributed by atoms with Crippen molar-refractivity contribution in [2.45, 2.75) is 6.92 Å². The second-order valence-corrected chi connectivity index (χ2v) is 3.60. The van der Waals surface area contributed by atoms with Gasteiger partial charge in [0, 0.05) is 11.8 Å². The van der Waals surface area contributed by atoms with Crippen LogP contribution in [0, 0.1) is 0 Å². The van der Waals surface area contributed by atoms with Crippen molar-refractivity contribution in [2.24, 2.45) is 0 Å². The van der Waals surface area contributed by atoms with Crippen LogP contribution in [-0.4, -0.2) is 11.7 Å². The van der Waals surface area contributed by atoms with E-state index in [1.807, 2.05) is 37.3 Å². The van der Waals surface area contributed by atoms with Crippen LogP contribution < -0.4 is 10.1 Å². The Balaban J connectivity index is 2.26. The molecule has 0 atom stereocenters. The number of phenols is 1. The molecular weight excluding hydrogens is 214 g/mol. The van der Waals surface area contributed by atoms with Crippen LogP contribution in [0.15, 0.2) is 48.5 Å². The maximum Gasteiger partial charge on any atom is 0.146 e. The highest BCUT2D eigenvalue weighted by molar-refractivity contribution is 5.67. The topological polar surface area (TPSA) is 41.5 Å². The summed E-state index contributed by atoms with van der Waals surface area (Å²) in [4.78, 5) is 0. The summed E-state index contributed by atoms with van der Waals surface area (Å²) in [5.41, 5.74) is 1.83. The first-order valence-corrected chi connectivity index (χ1v) is 5.57. The first kappa shape index (κ1) is 11.3. The second-order valence-electron chi connectivity index (χ2n) is 3.60. The molecule has 0 radical (unpaired) electrons. The first-order valence-electron chi connectivity index (χ1n) is 5.57. The molecule has 0 aliphatic rings. The third kappa shape index (κ3) is 2.91. The number of hydrogen-bond acceptors (Lipinski definition) is 3. The average molecular weight is 229 g/mol. The van der Waals surface area contributed by atoms with Crippen LogP contribution >= 0.6 is 0 Å². The zero-order valence-electron chi connectivity index (χ0n) is 9.68. The zero-order chi connectivity index (χ0) is 12.1. The molecule has 2 rings (SSSR count). The minimum absolute atomic E-state index is 0.201. The fourth-order valence-corrected chi connectivity index (χ4v) is 1.57. The van der Waals surface area contributed by atoms with Gasteiger partial charge in [0.25, 0.3) is 0 Å². The summed E-state index contributed by atoms with van der Waals surface area (Å²) < 4.78 is 5.47. The Bertz CT molecular complexity index is 483. The zero-order valence-corrected chi connectivity index (χ0v) is 9.68. The maximum atomic E-state index is 9.42. The first-order chi connectivity index (χ1) is 8.29. The number of nitrogens with one attached hydrogen (secondary N) is 1. The summed E-state index contributed by atoms with van der Waals surface area (Å²) in [7, 11) is 0. The van der Waals surface area contributed by atoms with Gasteiger partial charge in [0.1, 0.15) is 11.5 Å². The molecule has 0 aliphatic carbocycles. The number of ether oxygens (including phenoxy) is 1. The number of anilines is 2. The molecule has 3 nitrogen and oxygen atoms in total. The Morgan fingerprint density at radius 3 is 2.59 bits per heavy atom. The van der Waals surface area contributed by atoms with Crippen LogP contribution in [0.5, 0.6) is 11.5 Å². The predicted molar refractivity (Wildman–Crippen MR) is 69.0 cm³/mol. The fraction of sp³-hybridized carbons (Fsp3) is 0.143. The summed E-state index contributed by atoms with van der Waals surface area (Å²) in [5.74, 6) is 0.850. The molecule has 2 N–H and O–H groups in total. The molecule has 0 fully saturated rings. The molecule has 0 saturated carbocycles. The largest absolute Gasteiger partial charge is 0.508 e. The van der Waals surface area contributed by atoms with Crippen LogP contribution in [-0.2, 0) is 0 Å². The highest BCUT2D eigenvalue weighted by atomic mass is 16.5. The van der Waals surface area contributed by atoms with E-state index in [0.29, 0.717) is 12.4 Å². The van der Waals surface area contributed by atoms with Gasteiger partial charge in [0.05, 0.1) is 12.3 Å². The number of phenolic OH excluding ortho intramolecular Hbond substituents is 1. The molecule has 0 saturated heterocycles. The van der Waals surface area contributed by atoms with Crippen molar-refractivity contribution >= 4 is 11.4 Å². The number of rotatable bonds is 4. The Kier molecular flexibility index (Phi) is 3.50. The Morgan fingerprint density at radius 2 is 1.88 bits per heavy atom. The summed E-state index contributed by atoms with van der Waals surface area (Å²) in [6.45, 7) is 2.48. The molecule has 0 amide bonds. The lowest BCUT2D eigenvalue weighted by atomic mass is 10.2. The lowest BCUT2D eigenvalue weighted by Gasteiger charge is -2.12. The van der Waals surface area contributed by atoms with Crippen molar-refractivity contribution in [2.75, 3.05) is 11.9 Å². The van der Waals surface area contributed by atoms with Crippen molar-refractivity contribution in [3.05, 3.63) is 48.5 Å². The van der Waals surface area contributed by atoms with E-state index in [2.05, 4.69) is 5.32 Å². The predicted octanol–water partition coefficient (Wildman–Crippen LogP) is 3.53. The fourth-order valence-electron chi connectivity index (χ4n) is 1.57. The van der Waals surface area contributed by atoms with E-state index in [0.717, 1.165) is 11.4 Å². The van der Waals surface area contributed by atoms with Crippen LogP contribution in [0.4, 0.5) is 11.4 Å². The van der Waals surface area contributed by atoms with Crippen LogP contribution in [0.1, 0.15) is 6.92 Å². The molecular formula is C14H15NO2. The number of benzene rings is 2. The highest BCUT2D eigenvalue weighted by Crippen LogP contribution is 2.31. The van der Waals surface area contributed by atoms with Crippen molar-refractivity contribution in [3.8, 4) is 11.5 Å². The average Bonchev–Trinajstić information content (AvgIpc) is 2.34. The van der Waals surface area contributed by atoms with Crippen molar-refractivity contribution in [1.29, 1.82) is 0 Å². The van der Waals surface area contributed by atoms with Gasteiger partial charge in [-0.25, -0.2) is 0 Å². The summed E-state index contributed by atoms with van der Waals surface area (Å²) in [6.07, 6.45) is 0. The van der Waals surface area contributed by atoms with Crippen LogP contribution in [0.2, 0.25) is 0 Å². The molecule has 2 aromatic rings. The summed E-state index contributed by atoms with van der Waals surface area (Å²) in [6, 6.07) is 14.9. The smallest absolute Gasteiger partial charge is 0.146 e. The number of hydrogen-bond donors (Lipinski definition) is 2. The standard InChI is InChI=1S/C14H15NO2/c1-2-17-14-10-12(16)8-9-13(14)15-11-6-4-3-5-7-11/h3-10,15-16H,2H2,1H3. The van der Waals surface area contributed by atoms with Gasteiger partial charge in [-0.2, -0.15) is 0 Å². The molecule has 0 aliphatic heterocycles. The lowest BCUT2D eigenvalue weighted by molar-refractivity contribution is 0.339. The number of aromatic hydroxyl groups is 1. The molecule has 0 aromatic heterocycles. The van der Waals surface area contributed by atoms with Gasteiger partial charge in [0.15, 0.2) is 0 Å². The molecule has 17 heavy (non-hydrogen) atoms. The molecule has 88 valence electrons. The second kappa shape index (κ2) is 5.25. The van der Waals surface area contributed by atoms with Gasteiger partial charge < -0.3 is 15.2 Å². The van der Waals surface area contributed by atoms with E-state index < -0.39 is 0 Å². The Labute approximate surface area is 101 Å². The Hall–Kier alpha value is -2.16. The van der Waals surface area contributed by atoms with E-state index in [1.54, 1.807) is 18.2 Å². The van der Waals surface area contributed by atoms with E-state index in [9.17, 15) is 5.11 Å². The third-order valence-electron chi connectivity index (χ3n) is 2.32. The molecule has 0 heterocycles. The van der Waals surface area contributed by atoms with Gasteiger partial charge in [-0.15, -0.1) is 0 Å². The monoisotopic (exact) mass is 229 g/mol. The Morgan fingerprint density at radius 1 is 1.12 bits per heavy atom. The van der Waals surface area contributed by atoms with E-state index in [4.69, 9.17) is 4.74 Å². The van der Waals surface area contributed by atoms with Crippen molar-refractivity contribution in [3.63, 3.8) is 0 Å². The molecule has 3 heteroatoms. The minimum Gasteiger partial charge on any atom is -0.508 e. The normalized spacial score (nSPS) is 9.94.